The van der Waals surface area contributed by atoms with Crippen LogP contribution in [0.15, 0.2) is 29.4 Å². The molecule has 1 saturated heterocycles. The number of amides is 2. The van der Waals surface area contributed by atoms with Gasteiger partial charge in [0.25, 0.3) is 0 Å². The maximum absolute atomic E-state index is 12.1. The second kappa shape index (κ2) is 8.35. The van der Waals surface area contributed by atoms with Crippen LogP contribution in [0, 0.1) is 0 Å². The number of aliphatic imine (C=N–C) groups is 1. The second-order valence-corrected chi connectivity index (χ2v) is 6.94. The Labute approximate surface area is 159 Å². The van der Waals surface area contributed by atoms with Gasteiger partial charge in [-0.2, -0.15) is 0 Å². The third-order valence-corrected chi connectivity index (χ3v) is 5.04. The molecule has 0 saturated carbocycles. The Balaban J connectivity index is 1.92. The summed E-state index contributed by atoms with van der Waals surface area (Å²) in [6, 6.07) is 5.83. The van der Waals surface area contributed by atoms with E-state index in [4.69, 9.17) is 10.5 Å². The van der Waals surface area contributed by atoms with E-state index in [1.807, 2.05) is 25.1 Å². The van der Waals surface area contributed by atoms with Crippen LogP contribution >= 0.6 is 0 Å². The van der Waals surface area contributed by atoms with E-state index in [0.717, 1.165) is 49.3 Å². The molecule has 2 aliphatic heterocycles. The van der Waals surface area contributed by atoms with Crippen LogP contribution in [0.25, 0.3) is 5.57 Å². The molecule has 2 amide bonds. The molecule has 2 heterocycles. The molecule has 0 bridgehead atoms. The molecule has 7 heteroatoms. The van der Waals surface area contributed by atoms with E-state index in [9.17, 15) is 9.59 Å². The quantitative estimate of drug-likeness (QED) is 0.648. The van der Waals surface area contributed by atoms with Crippen molar-refractivity contribution in [3.8, 4) is 0 Å². The molecule has 2 aliphatic rings. The van der Waals surface area contributed by atoms with E-state index in [2.05, 4.69) is 4.99 Å². The molecule has 0 aromatic heterocycles. The van der Waals surface area contributed by atoms with E-state index < -0.39 is 0 Å². The van der Waals surface area contributed by atoms with E-state index >= 15 is 0 Å². The van der Waals surface area contributed by atoms with Crippen molar-refractivity contribution in [1.29, 1.82) is 0 Å². The highest BCUT2D eigenvalue weighted by Gasteiger charge is 2.30. The van der Waals surface area contributed by atoms with Crippen molar-refractivity contribution in [3.05, 3.63) is 30.0 Å². The smallest absolute Gasteiger partial charge is 0.224 e. The lowest BCUT2D eigenvalue weighted by molar-refractivity contribution is -0.117. The fourth-order valence-electron chi connectivity index (χ4n) is 3.65. The van der Waals surface area contributed by atoms with Gasteiger partial charge in [0.2, 0.25) is 12.3 Å². The van der Waals surface area contributed by atoms with Gasteiger partial charge in [-0.25, -0.2) is 0 Å². The van der Waals surface area contributed by atoms with Crippen LogP contribution in [0.5, 0.6) is 0 Å². The number of nitrogens with zero attached hydrogens (tertiary/aromatic N) is 3. The van der Waals surface area contributed by atoms with E-state index in [0.29, 0.717) is 12.2 Å². The summed E-state index contributed by atoms with van der Waals surface area (Å²) in [5, 5.41) is 0. The largest absolute Gasteiger partial charge is 0.404 e. The number of hydrogen-bond acceptors (Lipinski definition) is 5. The highest BCUT2D eigenvalue weighted by Crippen LogP contribution is 2.37. The number of anilines is 2. The average molecular weight is 370 g/mol. The normalized spacial score (nSPS) is 21.4. The molecular weight excluding hydrogens is 344 g/mol. The molecule has 3 rings (SSSR count). The summed E-state index contributed by atoms with van der Waals surface area (Å²) >= 11 is 0. The van der Waals surface area contributed by atoms with E-state index in [1.54, 1.807) is 16.0 Å². The maximum atomic E-state index is 12.1. The molecule has 27 heavy (non-hydrogen) atoms. The summed E-state index contributed by atoms with van der Waals surface area (Å²) in [6.07, 6.45) is 5.92. The zero-order chi connectivity index (χ0) is 19.4. The minimum atomic E-state index is -0.0781. The van der Waals surface area contributed by atoms with Gasteiger partial charge in [0.15, 0.2) is 0 Å². The fraction of sp³-hybridized carbons (Fsp3) is 0.450. The number of carbonyl (C=O) groups excluding carboxylic acids is 2. The van der Waals surface area contributed by atoms with E-state index in [-0.39, 0.29) is 18.0 Å². The molecule has 0 spiro atoms. The highest BCUT2D eigenvalue weighted by molar-refractivity contribution is 6.11. The molecule has 0 aliphatic carbocycles. The second-order valence-electron chi connectivity index (χ2n) is 6.94. The maximum Gasteiger partial charge on any atom is 0.224 e. The fourth-order valence-corrected chi connectivity index (χ4v) is 3.65. The van der Waals surface area contributed by atoms with Crippen LogP contribution < -0.4 is 15.5 Å². The zero-order valence-electron chi connectivity index (χ0n) is 15.8. The van der Waals surface area contributed by atoms with Crippen LogP contribution in [0.4, 0.5) is 11.4 Å². The molecule has 2 N–H and O–H groups in total. The number of allylic oxidation sites excluding steroid dienone is 1. The van der Waals surface area contributed by atoms with Crippen LogP contribution in [0.3, 0.4) is 0 Å². The van der Waals surface area contributed by atoms with Gasteiger partial charge in [0.05, 0.1) is 23.5 Å². The summed E-state index contributed by atoms with van der Waals surface area (Å²) in [5.41, 5.74) is 8.91. The number of nitrogens with two attached hydrogens (primary N) is 1. The molecule has 7 nitrogen and oxygen atoms in total. The third-order valence-electron chi connectivity index (χ3n) is 5.04. The van der Waals surface area contributed by atoms with Crippen molar-refractivity contribution < 1.29 is 14.3 Å². The molecule has 1 aromatic rings. The topological polar surface area (TPSA) is 88.2 Å². The first-order valence-corrected chi connectivity index (χ1v) is 9.24. The van der Waals surface area contributed by atoms with Gasteiger partial charge in [0.1, 0.15) is 0 Å². The number of ether oxygens (including phenoxy) is 1. The van der Waals surface area contributed by atoms with Gasteiger partial charge in [-0.1, -0.05) is 6.07 Å². The summed E-state index contributed by atoms with van der Waals surface area (Å²) in [6.45, 7) is 5.39. The van der Waals surface area contributed by atoms with Crippen molar-refractivity contribution in [2.24, 2.45) is 10.7 Å². The summed E-state index contributed by atoms with van der Waals surface area (Å²) < 4.78 is 5.36. The summed E-state index contributed by atoms with van der Waals surface area (Å²) in [4.78, 5) is 31.6. The molecule has 144 valence electrons. The van der Waals surface area contributed by atoms with Crippen LogP contribution in [0.1, 0.15) is 32.3 Å². The van der Waals surface area contributed by atoms with Gasteiger partial charge in [0, 0.05) is 44.7 Å². The van der Waals surface area contributed by atoms with Crippen LogP contribution in [-0.2, 0) is 14.3 Å². The van der Waals surface area contributed by atoms with Gasteiger partial charge in [-0.3, -0.25) is 14.6 Å². The first kappa shape index (κ1) is 19.1. The predicted octanol–water partition coefficient (Wildman–Crippen LogP) is 1.95. The van der Waals surface area contributed by atoms with Crippen molar-refractivity contribution in [1.82, 2.24) is 0 Å². The highest BCUT2D eigenvalue weighted by atomic mass is 16.5. The van der Waals surface area contributed by atoms with Gasteiger partial charge in [-0.05, 0) is 37.5 Å². The van der Waals surface area contributed by atoms with Crippen LogP contribution in [0.2, 0.25) is 0 Å². The van der Waals surface area contributed by atoms with Gasteiger partial charge >= 0.3 is 0 Å². The Morgan fingerprint density at radius 2 is 2.04 bits per heavy atom. The van der Waals surface area contributed by atoms with Gasteiger partial charge < -0.3 is 20.3 Å². The number of benzene rings is 1. The number of fused-ring (bicyclic) bond motifs is 1. The monoisotopic (exact) mass is 370 g/mol. The molecular formula is C20H26N4O3. The van der Waals surface area contributed by atoms with Crippen molar-refractivity contribution >= 4 is 35.5 Å². The molecule has 0 radical (unpaired) electrons. The molecule has 1 unspecified atom stereocenters. The Morgan fingerprint density at radius 1 is 1.30 bits per heavy atom. The van der Waals surface area contributed by atoms with Crippen molar-refractivity contribution in [2.45, 2.75) is 38.8 Å². The van der Waals surface area contributed by atoms with Crippen molar-refractivity contribution in [3.63, 3.8) is 0 Å². The summed E-state index contributed by atoms with van der Waals surface area (Å²) in [5.74, 6) is -0.0438. The SMILES string of the molecule is CC(=O)N1c2ccc(C(C=NC3CCOCC3)=CN)cc2N(C=O)CC1C. The van der Waals surface area contributed by atoms with Crippen molar-refractivity contribution in [2.75, 3.05) is 29.6 Å². The zero-order valence-corrected chi connectivity index (χ0v) is 15.8. The Bertz CT molecular complexity index is 768. The first-order valence-electron chi connectivity index (χ1n) is 9.24. The third kappa shape index (κ3) is 4.03. The molecule has 1 atom stereocenters. The number of hydrogen-bond donors (Lipinski definition) is 1. The Kier molecular flexibility index (Phi) is 5.91. The van der Waals surface area contributed by atoms with Crippen LogP contribution in [-0.4, -0.2) is 50.4 Å². The minimum Gasteiger partial charge on any atom is -0.404 e. The average Bonchev–Trinajstić information content (AvgIpc) is 2.68. The lowest BCUT2D eigenvalue weighted by Crippen LogP contribution is -2.49. The van der Waals surface area contributed by atoms with E-state index in [1.165, 1.54) is 13.1 Å². The Morgan fingerprint density at radius 3 is 2.67 bits per heavy atom. The van der Waals surface area contributed by atoms with Gasteiger partial charge in [-0.15, -0.1) is 0 Å². The Hall–Kier alpha value is -2.67. The predicted molar refractivity (Wildman–Crippen MR) is 107 cm³/mol. The lowest BCUT2D eigenvalue weighted by atomic mass is 10.0. The first-order chi connectivity index (χ1) is 13.0. The number of carbonyl (C=O) groups is 2. The summed E-state index contributed by atoms with van der Waals surface area (Å²) in [7, 11) is 0. The number of rotatable bonds is 4. The standard InChI is InChI=1S/C20H26N4O3/c1-14-12-23(13-25)20-9-16(3-4-19(20)24(14)15(2)26)17(10-21)11-22-18-5-7-27-8-6-18/h3-4,9-11,13-14,18H,5-8,12,21H2,1-2H3. The molecule has 1 aromatic carbocycles. The minimum absolute atomic E-state index is 0.0438. The molecule has 1 fully saturated rings. The lowest BCUT2D eigenvalue weighted by Gasteiger charge is -2.39.